The molecule has 0 fully saturated rings. The van der Waals surface area contributed by atoms with E-state index in [9.17, 15) is 9.59 Å². The van der Waals surface area contributed by atoms with Gasteiger partial charge in [-0.1, -0.05) is 29.7 Å². The van der Waals surface area contributed by atoms with Crippen molar-refractivity contribution in [3.05, 3.63) is 35.4 Å². The Morgan fingerprint density at radius 2 is 2.22 bits per heavy atom. The summed E-state index contributed by atoms with van der Waals surface area (Å²) < 4.78 is 0. The van der Waals surface area contributed by atoms with Crippen LogP contribution in [-0.4, -0.2) is 16.8 Å². The van der Waals surface area contributed by atoms with Crippen LogP contribution in [0.5, 0.6) is 0 Å². The van der Waals surface area contributed by atoms with Gasteiger partial charge in [0.2, 0.25) is 0 Å². The number of benzene rings is 1. The first-order valence-electron chi connectivity index (χ1n) is 5.36. The smallest absolute Gasteiger partial charge is 0.265 e. The van der Waals surface area contributed by atoms with Crippen LogP contribution < -0.4 is 11.3 Å². The molecule has 1 aromatic rings. The van der Waals surface area contributed by atoms with Crippen LogP contribution in [0.4, 0.5) is 0 Å². The molecule has 94 valence electrons. The van der Waals surface area contributed by atoms with E-state index in [4.69, 9.17) is 5.84 Å². The van der Waals surface area contributed by atoms with Gasteiger partial charge >= 0.3 is 0 Å². The van der Waals surface area contributed by atoms with Gasteiger partial charge in [-0.2, -0.15) is 0 Å². The lowest BCUT2D eigenvalue weighted by molar-refractivity contribution is -0.109. The molecule has 3 N–H and O–H groups in total. The monoisotopic (exact) mass is 262 g/mol. The molecule has 18 heavy (non-hydrogen) atoms. The number of hydrogen-bond donors (Lipinski definition) is 2. The summed E-state index contributed by atoms with van der Waals surface area (Å²) in [6.45, 7) is 1.53. The number of carbonyl (C=O) groups excluding carboxylic acids is 2. The van der Waals surface area contributed by atoms with Gasteiger partial charge in [0.05, 0.1) is 0 Å². The van der Waals surface area contributed by atoms with Gasteiger partial charge < -0.3 is 0 Å². The second kappa shape index (κ2) is 7.54. The average Bonchev–Trinajstić information content (AvgIpc) is 2.37. The van der Waals surface area contributed by atoms with Gasteiger partial charge in [0.1, 0.15) is 0 Å². The Kier molecular flexibility index (Phi) is 5.98. The number of thioether (sulfide) groups is 1. The lowest BCUT2D eigenvalue weighted by Crippen LogP contribution is -2.29. The van der Waals surface area contributed by atoms with Crippen molar-refractivity contribution in [1.29, 1.82) is 0 Å². The van der Waals surface area contributed by atoms with Gasteiger partial charge in [0.25, 0.3) is 5.91 Å². The lowest BCUT2D eigenvalue weighted by atomic mass is 10.1. The van der Waals surface area contributed by atoms with Crippen LogP contribution in [0, 0.1) is 11.8 Å². The Balaban J connectivity index is 2.59. The summed E-state index contributed by atoms with van der Waals surface area (Å²) in [7, 11) is 0. The Labute approximate surface area is 110 Å². The zero-order valence-corrected chi connectivity index (χ0v) is 10.8. The van der Waals surface area contributed by atoms with E-state index in [0.29, 0.717) is 17.7 Å². The topological polar surface area (TPSA) is 72.2 Å². The van der Waals surface area contributed by atoms with Crippen LogP contribution in [-0.2, 0) is 4.79 Å². The molecule has 0 aromatic heterocycles. The SMILES string of the molecule is CC(=O)SCCC#Cc1cccc(C(=O)NN)c1. The first kappa shape index (κ1) is 14.3. The second-order valence-corrected chi connectivity index (χ2v) is 4.72. The van der Waals surface area contributed by atoms with E-state index < -0.39 is 0 Å². The Hall–Kier alpha value is -1.77. The summed E-state index contributed by atoms with van der Waals surface area (Å²) in [6, 6.07) is 6.91. The van der Waals surface area contributed by atoms with Gasteiger partial charge in [0.15, 0.2) is 5.12 Å². The van der Waals surface area contributed by atoms with Crippen molar-refractivity contribution in [2.75, 3.05) is 5.75 Å². The third-order valence-electron chi connectivity index (χ3n) is 2.02. The summed E-state index contributed by atoms with van der Waals surface area (Å²) >= 11 is 1.26. The predicted octanol–water partition coefficient (Wildman–Crippen LogP) is 1.31. The molecule has 1 rings (SSSR count). The van der Waals surface area contributed by atoms with Crippen molar-refractivity contribution in [2.45, 2.75) is 13.3 Å². The van der Waals surface area contributed by atoms with E-state index in [1.165, 1.54) is 18.7 Å². The number of hydrazine groups is 1. The number of nitrogens with one attached hydrogen (secondary N) is 1. The van der Waals surface area contributed by atoms with Gasteiger partial charge in [0, 0.05) is 30.2 Å². The van der Waals surface area contributed by atoms with Crippen LogP contribution in [0.2, 0.25) is 0 Å². The molecule has 0 aliphatic carbocycles. The van der Waals surface area contributed by atoms with E-state index >= 15 is 0 Å². The largest absolute Gasteiger partial charge is 0.290 e. The summed E-state index contributed by atoms with van der Waals surface area (Å²) in [4.78, 5) is 22.0. The Morgan fingerprint density at radius 3 is 2.89 bits per heavy atom. The number of nitrogens with two attached hydrogens (primary N) is 1. The normalized spacial score (nSPS) is 9.22. The molecule has 0 saturated carbocycles. The molecular weight excluding hydrogens is 248 g/mol. The van der Waals surface area contributed by atoms with Crippen molar-refractivity contribution in [2.24, 2.45) is 5.84 Å². The van der Waals surface area contributed by atoms with Crippen LogP contribution >= 0.6 is 11.8 Å². The highest BCUT2D eigenvalue weighted by atomic mass is 32.2. The molecule has 0 heterocycles. The second-order valence-electron chi connectivity index (χ2n) is 3.45. The van der Waals surface area contributed by atoms with Crippen LogP contribution in [0.3, 0.4) is 0 Å². The molecule has 0 aliphatic heterocycles. The number of carbonyl (C=O) groups is 2. The van der Waals surface area contributed by atoms with Crippen LogP contribution in [0.1, 0.15) is 29.3 Å². The lowest BCUT2D eigenvalue weighted by Gasteiger charge is -1.99. The fourth-order valence-corrected chi connectivity index (χ4v) is 1.72. The molecule has 0 atom stereocenters. The Bertz CT molecular complexity index is 503. The molecular formula is C13H14N2O2S. The molecule has 5 heteroatoms. The number of hydrogen-bond acceptors (Lipinski definition) is 4. The molecule has 0 spiro atoms. The van der Waals surface area contributed by atoms with Crippen molar-refractivity contribution in [1.82, 2.24) is 5.43 Å². The maximum atomic E-state index is 11.3. The minimum absolute atomic E-state index is 0.0958. The van der Waals surface area contributed by atoms with Crippen molar-refractivity contribution >= 4 is 22.8 Å². The molecule has 4 nitrogen and oxygen atoms in total. The fraction of sp³-hybridized carbons (Fsp3) is 0.231. The first-order chi connectivity index (χ1) is 8.63. The summed E-state index contributed by atoms with van der Waals surface area (Å²) in [5, 5.41) is 0.0958. The highest BCUT2D eigenvalue weighted by Gasteiger charge is 2.02. The van der Waals surface area contributed by atoms with Crippen LogP contribution in [0.15, 0.2) is 24.3 Å². The molecule has 0 saturated heterocycles. The van der Waals surface area contributed by atoms with Gasteiger partial charge in [-0.05, 0) is 18.2 Å². The molecule has 1 amide bonds. The summed E-state index contributed by atoms with van der Waals surface area (Å²) in [5.74, 6) is 11.3. The minimum Gasteiger partial charge on any atom is -0.290 e. The van der Waals surface area contributed by atoms with Gasteiger partial charge in [-0.15, -0.1) is 0 Å². The zero-order chi connectivity index (χ0) is 13.4. The fourth-order valence-electron chi connectivity index (χ4n) is 1.23. The summed E-state index contributed by atoms with van der Waals surface area (Å²) in [6.07, 6.45) is 0.636. The van der Waals surface area contributed by atoms with Gasteiger partial charge in [-0.3, -0.25) is 15.0 Å². The quantitative estimate of drug-likeness (QED) is 0.283. The Morgan fingerprint density at radius 1 is 1.44 bits per heavy atom. The van der Waals surface area contributed by atoms with E-state index in [-0.39, 0.29) is 11.0 Å². The maximum absolute atomic E-state index is 11.3. The number of nitrogen functional groups attached to an aromatic ring is 1. The molecule has 0 unspecified atom stereocenters. The molecule has 1 aromatic carbocycles. The highest BCUT2D eigenvalue weighted by Crippen LogP contribution is 2.05. The highest BCUT2D eigenvalue weighted by molar-refractivity contribution is 8.13. The van der Waals surface area contributed by atoms with E-state index in [0.717, 1.165) is 5.56 Å². The standard InChI is InChI=1S/C13H14N2O2S/c1-10(16)18-8-3-2-5-11-6-4-7-12(9-11)13(17)15-14/h4,6-7,9H,3,8,14H2,1H3,(H,15,17). The third-order valence-corrected chi connectivity index (χ3v) is 2.84. The van der Waals surface area contributed by atoms with E-state index in [1.54, 1.807) is 18.2 Å². The maximum Gasteiger partial charge on any atom is 0.265 e. The summed E-state index contributed by atoms with van der Waals surface area (Å²) in [5.41, 5.74) is 3.30. The van der Waals surface area contributed by atoms with Crippen molar-refractivity contribution in [3.63, 3.8) is 0 Å². The first-order valence-corrected chi connectivity index (χ1v) is 6.35. The number of rotatable bonds is 3. The van der Waals surface area contributed by atoms with E-state index in [2.05, 4.69) is 17.3 Å². The zero-order valence-electron chi connectivity index (χ0n) is 10.0. The van der Waals surface area contributed by atoms with Crippen molar-refractivity contribution in [3.8, 4) is 11.8 Å². The van der Waals surface area contributed by atoms with Gasteiger partial charge in [-0.25, -0.2) is 5.84 Å². The molecule has 0 radical (unpaired) electrons. The van der Waals surface area contributed by atoms with Crippen LogP contribution in [0.25, 0.3) is 0 Å². The predicted molar refractivity (Wildman–Crippen MR) is 72.7 cm³/mol. The minimum atomic E-state index is -0.342. The molecule has 0 bridgehead atoms. The average molecular weight is 262 g/mol. The molecule has 0 aliphatic rings. The number of amides is 1. The van der Waals surface area contributed by atoms with E-state index in [1.807, 2.05) is 6.07 Å². The third kappa shape index (κ3) is 5.04. The van der Waals surface area contributed by atoms with Crippen molar-refractivity contribution < 1.29 is 9.59 Å².